The van der Waals surface area contributed by atoms with E-state index in [2.05, 4.69) is 5.32 Å². The Hall–Kier alpha value is -1.59. The van der Waals surface area contributed by atoms with Crippen LogP contribution in [-0.2, 0) is 19.1 Å². The molecule has 2 N–H and O–H groups in total. The number of carboxylic acids is 1. The third-order valence-electron chi connectivity index (χ3n) is 2.34. The van der Waals surface area contributed by atoms with E-state index in [-0.39, 0.29) is 18.7 Å². The van der Waals surface area contributed by atoms with Gasteiger partial charge < -0.3 is 15.2 Å². The smallest absolute Gasteiger partial charge is 0.326 e. The van der Waals surface area contributed by atoms with E-state index in [1.807, 2.05) is 0 Å². The summed E-state index contributed by atoms with van der Waals surface area (Å²) in [5.41, 5.74) is -1.29. The van der Waals surface area contributed by atoms with Gasteiger partial charge in [-0.2, -0.15) is 0 Å². The highest BCUT2D eigenvalue weighted by Crippen LogP contribution is 2.14. The average Bonchev–Trinajstić information content (AvgIpc) is 2.19. The Labute approximate surface area is 119 Å². The van der Waals surface area contributed by atoms with Crippen LogP contribution >= 0.6 is 0 Å². The summed E-state index contributed by atoms with van der Waals surface area (Å²) in [5, 5.41) is 11.5. The van der Waals surface area contributed by atoms with Crippen LogP contribution in [0.1, 0.15) is 54.4 Å². The topological polar surface area (TPSA) is 92.7 Å². The van der Waals surface area contributed by atoms with Crippen LogP contribution in [0, 0.1) is 5.41 Å². The molecule has 0 fully saturated rings. The number of aliphatic carboxylic acids is 1. The Morgan fingerprint density at radius 1 is 1.10 bits per heavy atom. The molecule has 0 aliphatic heterocycles. The number of hydrogen-bond donors (Lipinski definition) is 2. The lowest BCUT2D eigenvalue weighted by atomic mass is 9.95. The van der Waals surface area contributed by atoms with Crippen molar-refractivity contribution in [1.82, 2.24) is 5.32 Å². The lowest BCUT2D eigenvalue weighted by molar-refractivity contribution is -0.155. The molecule has 6 nitrogen and oxygen atoms in total. The predicted molar refractivity (Wildman–Crippen MR) is 74.1 cm³/mol. The summed E-state index contributed by atoms with van der Waals surface area (Å²) >= 11 is 0. The second-order valence-electron chi connectivity index (χ2n) is 6.74. The van der Waals surface area contributed by atoms with E-state index in [0.29, 0.717) is 0 Å². The molecular formula is C14H25NO5. The molecule has 0 bridgehead atoms. The lowest BCUT2D eigenvalue weighted by Gasteiger charge is -2.23. The molecular weight excluding hydrogens is 262 g/mol. The zero-order valence-corrected chi connectivity index (χ0v) is 13.1. The van der Waals surface area contributed by atoms with E-state index in [9.17, 15) is 14.4 Å². The second kappa shape index (κ2) is 6.72. The fraction of sp³-hybridized carbons (Fsp3) is 0.786. The fourth-order valence-electron chi connectivity index (χ4n) is 1.29. The van der Waals surface area contributed by atoms with Crippen molar-refractivity contribution in [2.45, 2.75) is 66.0 Å². The normalized spacial score (nSPS) is 13.5. The maximum atomic E-state index is 11.8. The molecule has 0 aliphatic carbocycles. The van der Waals surface area contributed by atoms with E-state index in [4.69, 9.17) is 9.84 Å². The molecule has 0 heterocycles. The minimum Gasteiger partial charge on any atom is -0.480 e. The van der Waals surface area contributed by atoms with E-state index in [1.165, 1.54) is 0 Å². The van der Waals surface area contributed by atoms with Crippen LogP contribution in [0.25, 0.3) is 0 Å². The Morgan fingerprint density at radius 2 is 1.60 bits per heavy atom. The first-order valence-corrected chi connectivity index (χ1v) is 6.58. The number of nitrogens with one attached hydrogen (secondary N) is 1. The maximum absolute atomic E-state index is 11.8. The molecule has 0 unspecified atom stereocenters. The van der Waals surface area contributed by atoms with Gasteiger partial charge >= 0.3 is 11.9 Å². The molecule has 0 rings (SSSR count). The molecule has 116 valence electrons. The van der Waals surface area contributed by atoms with Gasteiger partial charge in [0.15, 0.2) is 0 Å². The predicted octanol–water partition coefficient (Wildman–Crippen LogP) is 1.72. The van der Waals surface area contributed by atoms with Crippen LogP contribution < -0.4 is 5.32 Å². The van der Waals surface area contributed by atoms with E-state index >= 15 is 0 Å². The van der Waals surface area contributed by atoms with Crippen molar-refractivity contribution in [2.24, 2.45) is 5.41 Å². The van der Waals surface area contributed by atoms with Gasteiger partial charge in [-0.05, 0) is 27.2 Å². The van der Waals surface area contributed by atoms with Gasteiger partial charge in [-0.3, -0.25) is 9.59 Å². The number of esters is 1. The van der Waals surface area contributed by atoms with Gasteiger partial charge in [0.05, 0.1) is 0 Å². The molecule has 0 spiro atoms. The SMILES string of the molecule is CC(C)(C)OC(=O)CC[C@@H](NC(=O)C(C)(C)C)C(=O)O. The minimum atomic E-state index is -1.16. The Morgan fingerprint density at radius 3 is 1.95 bits per heavy atom. The Balaban J connectivity index is 4.48. The number of carboxylic acid groups (broad SMARTS) is 1. The number of carbonyl (C=O) groups excluding carboxylic acids is 2. The van der Waals surface area contributed by atoms with E-state index in [0.717, 1.165) is 0 Å². The van der Waals surface area contributed by atoms with Crippen molar-refractivity contribution in [3.63, 3.8) is 0 Å². The summed E-state index contributed by atoms with van der Waals surface area (Å²) in [6.45, 7) is 10.3. The van der Waals surface area contributed by atoms with Crippen molar-refractivity contribution < 1.29 is 24.2 Å². The van der Waals surface area contributed by atoms with Gasteiger partial charge in [0, 0.05) is 11.8 Å². The molecule has 20 heavy (non-hydrogen) atoms. The Kier molecular flexibility index (Phi) is 6.19. The summed E-state index contributed by atoms with van der Waals surface area (Å²) < 4.78 is 5.10. The number of carbonyl (C=O) groups is 3. The van der Waals surface area contributed by atoms with Crippen LogP contribution in [0.15, 0.2) is 0 Å². The summed E-state index contributed by atoms with van der Waals surface area (Å²) in [5.74, 6) is -2.01. The van der Waals surface area contributed by atoms with E-state index in [1.54, 1.807) is 41.5 Å². The van der Waals surface area contributed by atoms with Gasteiger partial charge in [0.2, 0.25) is 5.91 Å². The largest absolute Gasteiger partial charge is 0.480 e. The quantitative estimate of drug-likeness (QED) is 0.751. The summed E-state index contributed by atoms with van der Waals surface area (Å²) in [7, 11) is 0. The molecule has 0 aromatic heterocycles. The summed E-state index contributed by atoms with van der Waals surface area (Å²) in [6.07, 6.45) is -0.0509. The zero-order valence-electron chi connectivity index (χ0n) is 13.1. The monoisotopic (exact) mass is 287 g/mol. The first-order chi connectivity index (χ1) is 8.83. The fourth-order valence-corrected chi connectivity index (χ4v) is 1.29. The standard InChI is InChI=1S/C14H25NO5/c1-13(2,3)12(19)15-9(11(17)18)7-8-10(16)20-14(4,5)6/h9H,7-8H2,1-6H3,(H,15,19)(H,17,18)/t9-/m1/s1. The minimum absolute atomic E-state index is 0.00602. The van der Waals surface area contributed by atoms with Gasteiger partial charge in [0.25, 0.3) is 0 Å². The average molecular weight is 287 g/mol. The van der Waals surface area contributed by atoms with Crippen LogP contribution in [0.2, 0.25) is 0 Å². The number of ether oxygens (including phenoxy) is 1. The van der Waals surface area contributed by atoms with Crippen LogP contribution in [0.5, 0.6) is 0 Å². The number of rotatable bonds is 5. The highest BCUT2D eigenvalue weighted by atomic mass is 16.6. The first-order valence-electron chi connectivity index (χ1n) is 6.58. The van der Waals surface area contributed by atoms with Crippen molar-refractivity contribution >= 4 is 17.8 Å². The molecule has 0 radical (unpaired) electrons. The van der Waals surface area contributed by atoms with Crippen molar-refractivity contribution in [1.29, 1.82) is 0 Å². The summed E-state index contributed by atoms with van der Waals surface area (Å²) in [6, 6.07) is -1.09. The van der Waals surface area contributed by atoms with Gasteiger partial charge in [-0.25, -0.2) is 4.79 Å². The van der Waals surface area contributed by atoms with Crippen LogP contribution in [0.3, 0.4) is 0 Å². The van der Waals surface area contributed by atoms with Gasteiger partial charge in [-0.15, -0.1) is 0 Å². The molecule has 0 aromatic rings. The van der Waals surface area contributed by atoms with E-state index < -0.39 is 29.0 Å². The van der Waals surface area contributed by atoms with Crippen LogP contribution in [-0.4, -0.2) is 34.6 Å². The van der Waals surface area contributed by atoms with Gasteiger partial charge in [0.1, 0.15) is 11.6 Å². The van der Waals surface area contributed by atoms with Crippen molar-refractivity contribution in [3.8, 4) is 0 Å². The number of hydrogen-bond acceptors (Lipinski definition) is 4. The zero-order chi connectivity index (χ0) is 16.1. The first kappa shape index (κ1) is 18.4. The third kappa shape index (κ3) is 7.76. The lowest BCUT2D eigenvalue weighted by Crippen LogP contribution is -2.46. The summed E-state index contributed by atoms with van der Waals surface area (Å²) in [4.78, 5) is 34.4. The van der Waals surface area contributed by atoms with Gasteiger partial charge in [-0.1, -0.05) is 20.8 Å². The van der Waals surface area contributed by atoms with Crippen molar-refractivity contribution in [2.75, 3.05) is 0 Å². The number of amides is 1. The molecule has 0 aliphatic rings. The Bertz CT molecular complexity index is 376. The molecule has 0 aromatic carbocycles. The highest BCUT2D eigenvalue weighted by molar-refractivity contribution is 5.87. The molecule has 0 saturated carbocycles. The molecule has 6 heteroatoms. The molecule has 1 atom stereocenters. The highest BCUT2D eigenvalue weighted by Gasteiger charge is 2.28. The maximum Gasteiger partial charge on any atom is 0.326 e. The van der Waals surface area contributed by atoms with Crippen LogP contribution in [0.4, 0.5) is 0 Å². The molecule has 1 amide bonds. The third-order valence-corrected chi connectivity index (χ3v) is 2.34. The van der Waals surface area contributed by atoms with Crippen molar-refractivity contribution in [3.05, 3.63) is 0 Å². The second-order valence-corrected chi connectivity index (χ2v) is 6.74. The molecule has 0 saturated heterocycles.